The second-order valence-corrected chi connectivity index (χ2v) is 6.52. The molecule has 1 unspecified atom stereocenters. The number of carbonyl (C=O) groups excluding carboxylic acids is 1. The number of aromatic amines is 1. The molecule has 0 bridgehead atoms. The predicted molar refractivity (Wildman–Crippen MR) is 97.8 cm³/mol. The topological polar surface area (TPSA) is 91.7 Å². The van der Waals surface area contributed by atoms with Crippen molar-refractivity contribution in [1.82, 2.24) is 29.8 Å². The Morgan fingerprint density at radius 2 is 2.23 bits per heavy atom. The van der Waals surface area contributed by atoms with Gasteiger partial charge in [0.2, 0.25) is 5.95 Å². The van der Waals surface area contributed by atoms with E-state index in [1.807, 2.05) is 38.4 Å². The van der Waals surface area contributed by atoms with Gasteiger partial charge in [-0.05, 0) is 31.5 Å². The molecule has 8 nitrogen and oxygen atoms in total. The van der Waals surface area contributed by atoms with Crippen molar-refractivity contribution in [2.75, 3.05) is 18.0 Å². The molecule has 0 aromatic carbocycles. The van der Waals surface area contributed by atoms with Gasteiger partial charge in [0.25, 0.3) is 5.91 Å². The fourth-order valence-corrected chi connectivity index (χ4v) is 3.33. The SMILES string of the molecule is Cc1ncn(C)c1C(=O)NC1CCN(c2nccc(-c3ccc[nH]3)n2)C1. The summed E-state index contributed by atoms with van der Waals surface area (Å²) in [6.07, 6.45) is 6.16. The summed E-state index contributed by atoms with van der Waals surface area (Å²) in [4.78, 5) is 31.0. The van der Waals surface area contributed by atoms with Crippen molar-refractivity contribution < 1.29 is 4.79 Å². The number of rotatable bonds is 4. The molecule has 1 fully saturated rings. The predicted octanol–water partition coefficient (Wildman–Crippen LogP) is 1.52. The largest absolute Gasteiger partial charge is 0.360 e. The lowest BCUT2D eigenvalue weighted by Crippen LogP contribution is -2.38. The van der Waals surface area contributed by atoms with E-state index in [0.717, 1.165) is 30.0 Å². The third-order valence-corrected chi connectivity index (χ3v) is 4.66. The van der Waals surface area contributed by atoms with Crippen LogP contribution in [0.2, 0.25) is 0 Å². The van der Waals surface area contributed by atoms with Crippen molar-refractivity contribution in [3.05, 3.63) is 48.3 Å². The smallest absolute Gasteiger partial charge is 0.270 e. The normalized spacial score (nSPS) is 16.8. The molecule has 0 aliphatic carbocycles. The van der Waals surface area contributed by atoms with Gasteiger partial charge in [-0.1, -0.05) is 0 Å². The van der Waals surface area contributed by atoms with Crippen LogP contribution in [0.5, 0.6) is 0 Å². The molecule has 4 rings (SSSR count). The van der Waals surface area contributed by atoms with E-state index in [-0.39, 0.29) is 11.9 Å². The first-order valence-corrected chi connectivity index (χ1v) is 8.62. The van der Waals surface area contributed by atoms with Crippen LogP contribution < -0.4 is 10.2 Å². The summed E-state index contributed by atoms with van der Waals surface area (Å²) in [5.41, 5.74) is 3.16. The highest BCUT2D eigenvalue weighted by Gasteiger charge is 2.27. The maximum atomic E-state index is 12.5. The lowest BCUT2D eigenvalue weighted by molar-refractivity contribution is 0.0931. The molecule has 0 spiro atoms. The molecule has 1 aliphatic rings. The number of nitrogens with zero attached hydrogens (tertiary/aromatic N) is 5. The van der Waals surface area contributed by atoms with Crippen LogP contribution in [0, 0.1) is 6.92 Å². The van der Waals surface area contributed by atoms with E-state index in [4.69, 9.17) is 0 Å². The quantitative estimate of drug-likeness (QED) is 0.744. The van der Waals surface area contributed by atoms with Gasteiger partial charge in [0.1, 0.15) is 5.69 Å². The third-order valence-electron chi connectivity index (χ3n) is 4.66. The zero-order valence-corrected chi connectivity index (χ0v) is 14.8. The number of carbonyl (C=O) groups is 1. The van der Waals surface area contributed by atoms with Crippen LogP contribution in [0.1, 0.15) is 22.6 Å². The van der Waals surface area contributed by atoms with E-state index in [1.165, 1.54) is 0 Å². The van der Waals surface area contributed by atoms with E-state index in [1.54, 1.807) is 17.1 Å². The van der Waals surface area contributed by atoms with Crippen molar-refractivity contribution in [1.29, 1.82) is 0 Å². The molecule has 1 amide bonds. The zero-order chi connectivity index (χ0) is 18.1. The molecular weight excluding hydrogens is 330 g/mol. The van der Waals surface area contributed by atoms with Crippen molar-refractivity contribution in [3.63, 3.8) is 0 Å². The maximum absolute atomic E-state index is 12.5. The van der Waals surface area contributed by atoms with Crippen molar-refractivity contribution in [2.45, 2.75) is 19.4 Å². The molecule has 3 aromatic rings. The van der Waals surface area contributed by atoms with Crippen LogP contribution in [0.25, 0.3) is 11.4 Å². The van der Waals surface area contributed by atoms with Gasteiger partial charge in [-0.25, -0.2) is 15.0 Å². The fraction of sp³-hybridized carbons (Fsp3) is 0.333. The molecule has 1 saturated heterocycles. The standard InChI is InChI=1S/C18H21N7O/c1-12-16(24(2)11-21-12)17(26)22-13-6-9-25(10-13)18-20-8-5-15(23-18)14-4-3-7-19-14/h3-5,7-8,11,13,19H,6,9-10H2,1-2H3,(H,22,26). The van der Waals surface area contributed by atoms with Crippen molar-refractivity contribution in [2.24, 2.45) is 7.05 Å². The number of H-pyrrole nitrogens is 1. The second-order valence-electron chi connectivity index (χ2n) is 6.52. The van der Waals surface area contributed by atoms with E-state index in [9.17, 15) is 4.79 Å². The van der Waals surface area contributed by atoms with Crippen LogP contribution in [0.15, 0.2) is 36.9 Å². The zero-order valence-electron chi connectivity index (χ0n) is 14.8. The molecule has 0 radical (unpaired) electrons. The highest BCUT2D eigenvalue weighted by Crippen LogP contribution is 2.20. The van der Waals surface area contributed by atoms with Gasteiger partial charge in [0, 0.05) is 38.6 Å². The number of aryl methyl sites for hydroxylation is 2. The fourth-order valence-electron chi connectivity index (χ4n) is 3.33. The number of anilines is 1. The summed E-state index contributed by atoms with van der Waals surface area (Å²) in [5.74, 6) is 0.598. The number of hydrogen-bond donors (Lipinski definition) is 2. The average Bonchev–Trinajstić information content (AvgIpc) is 3.37. The van der Waals surface area contributed by atoms with Gasteiger partial charge in [0.15, 0.2) is 0 Å². The Balaban J connectivity index is 1.44. The van der Waals surface area contributed by atoms with Crippen LogP contribution in [-0.2, 0) is 7.05 Å². The van der Waals surface area contributed by atoms with Crippen molar-refractivity contribution in [3.8, 4) is 11.4 Å². The first kappa shape index (κ1) is 16.3. The minimum absolute atomic E-state index is 0.0644. The highest BCUT2D eigenvalue weighted by atomic mass is 16.2. The van der Waals surface area contributed by atoms with Gasteiger partial charge in [-0.2, -0.15) is 0 Å². The first-order valence-electron chi connectivity index (χ1n) is 8.62. The maximum Gasteiger partial charge on any atom is 0.270 e. The second kappa shape index (κ2) is 6.62. The molecule has 1 atom stereocenters. The highest BCUT2D eigenvalue weighted by molar-refractivity contribution is 5.93. The number of nitrogens with one attached hydrogen (secondary N) is 2. The molecule has 8 heteroatoms. The van der Waals surface area contributed by atoms with Crippen molar-refractivity contribution >= 4 is 11.9 Å². The summed E-state index contributed by atoms with van der Waals surface area (Å²) in [7, 11) is 1.83. The Kier molecular flexibility index (Phi) is 4.16. The summed E-state index contributed by atoms with van der Waals surface area (Å²) < 4.78 is 1.75. The Morgan fingerprint density at radius 3 is 2.96 bits per heavy atom. The molecular formula is C18H21N7O. The van der Waals surface area contributed by atoms with E-state index < -0.39 is 0 Å². The minimum Gasteiger partial charge on any atom is -0.360 e. The van der Waals surface area contributed by atoms with E-state index >= 15 is 0 Å². The first-order chi connectivity index (χ1) is 12.6. The third kappa shape index (κ3) is 3.05. The van der Waals surface area contributed by atoms with Gasteiger partial charge in [-0.15, -0.1) is 0 Å². The molecule has 26 heavy (non-hydrogen) atoms. The molecule has 2 N–H and O–H groups in total. The lowest BCUT2D eigenvalue weighted by Gasteiger charge is -2.17. The molecule has 4 heterocycles. The number of hydrogen-bond acceptors (Lipinski definition) is 5. The Hall–Kier alpha value is -3.16. The van der Waals surface area contributed by atoms with Crippen LogP contribution in [0.4, 0.5) is 5.95 Å². The summed E-state index contributed by atoms with van der Waals surface area (Å²) in [6.45, 7) is 3.34. The monoisotopic (exact) mass is 351 g/mol. The summed E-state index contributed by atoms with van der Waals surface area (Å²) >= 11 is 0. The number of amides is 1. The molecule has 1 aliphatic heterocycles. The molecule has 3 aromatic heterocycles. The van der Waals surface area contributed by atoms with Gasteiger partial charge in [-0.3, -0.25) is 4.79 Å². The Labute approximate surface area is 151 Å². The minimum atomic E-state index is -0.0876. The number of imidazole rings is 1. The van der Waals surface area contributed by atoms with Crippen LogP contribution in [0.3, 0.4) is 0 Å². The summed E-state index contributed by atoms with van der Waals surface area (Å²) in [6, 6.07) is 5.87. The average molecular weight is 351 g/mol. The van der Waals surface area contributed by atoms with Gasteiger partial charge >= 0.3 is 0 Å². The molecule has 0 saturated carbocycles. The Bertz CT molecular complexity index is 896. The van der Waals surface area contributed by atoms with E-state index in [2.05, 4.69) is 30.2 Å². The Morgan fingerprint density at radius 1 is 1.35 bits per heavy atom. The van der Waals surface area contributed by atoms with Gasteiger partial charge < -0.3 is 19.8 Å². The van der Waals surface area contributed by atoms with E-state index in [0.29, 0.717) is 18.2 Å². The van der Waals surface area contributed by atoms with Gasteiger partial charge in [0.05, 0.1) is 23.4 Å². The molecule has 134 valence electrons. The summed E-state index contributed by atoms with van der Waals surface area (Å²) in [5, 5.41) is 3.10. The van der Waals surface area contributed by atoms with Crippen LogP contribution >= 0.6 is 0 Å². The lowest BCUT2D eigenvalue weighted by atomic mass is 10.2. The van der Waals surface area contributed by atoms with Crippen LogP contribution in [-0.4, -0.2) is 49.5 Å². The number of aromatic nitrogens is 5.